The highest BCUT2D eigenvalue weighted by atomic mass is 32.2. The molecule has 0 fully saturated rings. The van der Waals surface area contributed by atoms with Crippen molar-refractivity contribution < 1.29 is 9.90 Å². The molecular weight excluding hydrogens is 374 g/mol. The molecule has 7 nitrogen and oxygen atoms in total. The van der Waals surface area contributed by atoms with E-state index in [-0.39, 0.29) is 11.7 Å². The number of thioether (sulfide) groups is 1. The Kier molecular flexibility index (Phi) is 4.94. The van der Waals surface area contributed by atoms with E-state index in [4.69, 9.17) is 0 Å². The first-order valence-corrected chi connectivity index (χ1v) is 9.53. The number of phenols is 1. The molecule has 0 bridgehead atoms. The second kappa shape index (κ2) is 7.69. The van der Waals surface area contributed by atoms with Crippen molar-refractivity contribution in [3.05, 3.63) is 66.7 Å². The smallest absolute Gasteiger partial charge is 0.237 e. The number of hydrogen-bond donors (Lipinski definition) is 2. The van der Waals surface area contributed by atoms with Crippen LogP contribution in [0.25, 0.3) is 16.5 Å². The third-order valence-corrected chi connectivity index (χ3v) is 5.27. The molecule has 1 aromatic heterocycles. The van der Waals surface area contributed by atoms with Gasteiger partial charge in [-0.05, 0) is 53.1 Å². The number of aromatic hydroxyl groups is 1. The van der Waals surface area contributed by atoms with Crippen LogP contribution in [0.2, 0.25) is 0 Å². The van der Waals surface area contributed by atoms with Gasteiger partial charge < -0.3 is 10.4 Å². The average Bonchev–Trinajstić information content (AvgIpc) is 3.17. The van der Waals surface area contributed by atoms with E-state index in [9.17, 15) is 9.90 Å². The van der Waals surface area contributed by atoms with Gasteiger partial charge in [0.15, 0.2) is 0 Å². The highest BCUT2D eigenvalue weighted by Crippen LogP contribution is 2.27. The fourth-order valence-corrected chi connectivity index (χ4v) is 3.60. The first-order valence-electron chi connectivity index (χ1n) is 8.65. The van der Waals surface area contributed by atoms with Crippen molar-refractivity contribution in [2.45, 2.75) is 17.3 Å². The van der Waals surface area contributed by atoms with Gasteiger partial charge in [0.1, 0.15) is 5.75 Å². The van der Waals surface area contributed by atoms with E-state index in [1.54, 1.807) is 31.2 Å². The standard InChI is InChI=1S/C20H17N5O2S/c1-13(19(27)21-18-8-4-6-14-5-2-3-7-17(14)18)28-20-22-23-24-25(20)15-9-11-16(26)12-10-15/h2-13,26H,1H3,(H,21,27). The number of carbonyl (C=O) groups excluding carboxylic acids is 1. The highest BCUT2D eigenvalue weighted by molar-refractivity contribution is 8.00. The molecule has 28 heavy (non-hydrogen) atoms. The summed E-state index contributed by atoms with van der Waals surface area (Å²) < 4.78 is 1.53. The van der Waals surface area contributed by atoms with Crippen LogP contribution in [-0.4, -0.2) is 36.5 Å². The monoisotopic (exact) mass is 391 g/mol. The lowest BCUT2D eigenvalue weighted by atomic mass is 10.1. The molecule has 2 N–H and O–H groups in total. The predicted octanol–water partition coefficient (Wildman–Crippen LogP) is 3.64. The molecule has 4 aromatic rings. The molecule has 3 aromatic carbocycles. The van der Waals surface area contributed by atoms with Gasteiger partial charge in [0.25, 0.3) is 0 Å². The summed E-state index contributed by atoms with van der Waals surface area (Å²) >= 11 is 1.26. The van der Waals surface area contributed by atoms with E-state index >= 15 is 0 Å². The van der Waals surface area contributed by atoms with E-state index in [1.807, 2.05) is 42.5 Å². The molecule has 1 atom stereocenters. The third kappa shape index (κ3) is 3.67. The number of aromatic nitrogens is 4. The number of nitrogens with one attached hydrogen (secondary N) is 1. The van der Waals surface area contributed by atoms with E-state index in [0.717, 1.165) is 16.5 Å². The summed E-state index contributed by atoms with van der Waals surface area (Å²) in [6.45, 7) is 1.81. The number of tetrazole rings is 1. The van der Waals surface area contributed by atoms with Crippen LogP contribution in [0.15, 0.2) is 71.9 Å². The Balaban J connectivity index is 1.51. The van der Waals surface area contributed by atoms with E-state index in [0.29, 0.717) is 10.8 Å². The fourth-order valence-electron chi connectivity index (χ4n) is 2.79. The second-order valence-corrected chi connectivity index (χ2v) is 7.47. The molecule has 4 rings (SSSR count). The Morgan fingerprint density at radius 2 is 1.82 bits per heavy atom. The first kappa shape index (κ1) is 18.0. The van der Waals surface area contributed by atoms with Gasteiger partial charge >= 0.3 is 0 Å². The molecular formula is C20H17N5O2S. The maximum Gasteiger partial charge on any atom is 0.237 e. The SMILES string of the molecule is CC(Sc1nnnn1-c1ccc(O)cc1)C(=O)Nc1cccc2ccccc12. The van der Waals surface area contributed by atoms with Crippen LogP contribution in [0.1, 0.15) is 6.92 Å². The zero-order valence-electron chi connectivity index (χ0n) is 15.0. The Labute approximate surface area is 165 Å². The van der Waals surface area contributed by atoms with Crippen LogP contribution < -0.4 is 5.32 Å². The zero-order chi connectivity index (χ0) is 19.5. The van der Waals surface area contributed by atoms with Gasteiger partial charge in [-0.2, -0.15) is 4.68 Å². The van der Waals surface area contributed by atoms with Crippen LogP contribution in [0, 0.1) is 0 Å². The lowest BCUT2D eigenvalue weighted by molar-refractivity contribution is -0.115. The molecule has 0 radical (unpaired) electrons. The molecule has 8 heteroatoms. The molecule has 0 aliphatic carbocycles. The van der Waals surface area contributed by atoms with Gasteiger partial charge in [-0.25, -0.2) is 0 Å². The van der Waals surface area contributed by atoms with Crippen LogP contribution in [-0.2, 0) is 4.79 Å². The summed E-state index contributed by atoms with van der Waals surface area (Å²) in [5.74, 6) is 0.0236. The number of hydrogen-bond acceptors (Lipinski definition) is 6. The molecule has 1 heterocycles. The summed E-state index contributed by atoms with van der Waals surface area (Å²) in [4.78, 5) is 12.7. The van der Waals surface area contributed by atoms with Crippen molar-refractivity contribution in [2.24, 2.45) is 0 Å². The van der Waals surface area contributed by atoms with Gasteiger partial charge in [-0.1, -0.05) is 48.2 Å². The van der Waals surface area contributed by atoms with Crippen molar-refractivity contribution in [1.82, 2.24) is 20.2 Å². The van der Waals surface area contributed by atoms with Crippen LogP contribution >= 0.6 is 11.8 Å². The van der Waals surface area contributed by atoms with Crippen LogP contribution in [0.4, 0.5) is 5.69 Å². The van der Waals surface area contributed by atoms with Gasteiger partial charge in [0, 0.05) is 11.1 Å². The van der Waals surface area contributed by atoms with Crippen molar-refractivity contribution in [2.75, 3.05) is 5.32 Å². The molecule has 1 unspecified atom stereocenters. The molecule has 140 valence electrons. The normalized spacial score (nSPS) is 12.0. The van der Waals surface area contributed by atoms with Crippen LogP contribution in [0.5, 0.6) is 5.75 Å². The summed E-state index contributed by atoms with van der Waals surface area (Å²) in [6.07, 6.45) is 0. The summed E-state index contributed by atoms with van der Waals surface area (Å²) in [7, 11) is 0. The molecule has 1 amide bonds. The number of carbonyl (C=O) groups is 1. The number of anilines is 1. The number of amides is 1. The predicted molar refractivity (Wildman–Crippen MR) is 109 cm³/mol. The van der Waals surface area contributed by atoms with Crippen LogP contribution in [0.3, 0.4) is 0 Å². The Hall–Kier alpha value is -3.39. The minimum Gasteiger partial charge on any atom is -0.508 e. The van der Waals surface area contributed by atoms with Crippen molar-refractivity contribution in [1.29, 1.82) is 0 Å². The van der Waals surface area contributed by atoms with Gasteiger partial charge in [-0.15, -0.1) is 5.10 Å². The summed E-state index contributed by atoms with van der Waals surface area (Å²) in [6, 6.07) is 20.2. The fraction of sp³-hybridized carbons (Fsp3) is 0.100. The molecule has 0 saturated heterocycles. The van der Waals surface area contributed by atoms with Crippen molar-refractivity contribution >= 4 is 34.1 Å². The Morgan fingerprint density at radius 1 is 1.07 bits per heavy atom. The second-order valence-electron chi connectivity index (χ2n) is 6.17. The summed E-state index contributed by atoms with van der Waals surface area (Å²) in [5, 5.41) is 26.3. The van der Waals surface area contributed by atoms with Gasteiger partial charge in [-0.3, -0.25) is 4.79 Å². The Bertz CT molecular complexity index is 1120. The minimum absolute atomic E-state index is 0.137. The third-order valence-electron chi connectivity index (χ3n) is 4.23. The first-order chi connectivity index (χ1) is 13.6. The largest absolute Gasteiger partial charge is 0.508 e. The van der Waals surface area contributed by atoms with E-state index < -0.39 is 5.25 Å². The lowest BCUT2D eigenvalue weighted by Gasteiger charge is -2.13. The summed E-state index contributed by atoms with van der Waals surface area (Å²) in [5.41, 5.74) is 1.47. The molecule has 0 spiro atoms. The van der Waals surface area contributed by atoms with E-state index in [2.05, 4.69) is 20.8 Å². The molecule has 0 aliphatic heterocycles. The quantitative estimate of drug-likeness (QED) is 0.505. The maximum absolute atomic E-state index is 12.7. The number of nitrogens with zero attached hydrogens (tertiary/aromatic N) is 4. The lowest BCUT2D eigenvalue weighted by Crippen LogP contribution is -2.23. The van der Waals surface area contributed by atoms with E-state index in [1.165, 1.54) is 16.4 Å². The number of rotatable bonds is 5. The maximum atomic E-state index is 12.7. The topological polar surface area (TPSA) is 92.9 Å². The van der Waals surface area contributed by atoms with Gasteiger partial charge in [0.05, 0.1) is 10.9 Å². The van der Waals surface area contributed by atoms with Gasteiger partial charge in [0.2, 0.25) is 11.1 Å². The minimum atomic E-state index is -0.416. The number of fused-ring (bicyclic) bond motifs is 1. The number of benzene rings is 3. The number of phenolic OH excluding ortho intramolecular Hbond substituents is 1. The highest BCUT2D eigenvalue weighted by Gasteiger charge is 2.20. The van der Waals surface area contributed by atoms with Crippen molar-refractivity contribution in [3.8, 4) is 11.4 Å². The molecule has 0 aliphatic rings. The zero-order valence-corrected chi connectivity index (χ0v) is 15.8. The Morgan fingerprint density at radius 3 is 2.64 bits per heavy atom. The van der Waals surface area contributed by atoms with Crippen molar-refractivity contribution in [3.63, 3.8) is 0 Å². The molecule has 0 saturated carbocycles. The average molecular weight is 391 g/mol.